The van der Waals surface area contributed by atoms with E-state index < -0.39 is 5.82 Å². The van der Waals surface area contributed by atoms with E-state index in [1.807, 2.05) is 6.92 Å². The van der Waals surface area contributed by atoms with Crippen LogP contribution in [0.15, 0.2) is 22.6 Å². The van der Waals surface area contributed by atoms with E-state index in [0.29, 0.717) is 36.1 Å². The van der Waals surface area contributed by atoms with Gasteiger partial charge in [-0.15, -0.1) is 0 Å². The predicted molar refractivity (Wildman–Crippen MR) is 106 cm³/mol. The van der Waals surface area contributed by atoms with Gasteiger partial charge in [0, 0.05) is 31.0 Å². The monoisotopic (exact) mass is 388 g/mol. The fraction of sp³-hybridized carbons (Fsp3) is 0.545. The number of aromatic nitrogens is 1. The summed E-state index contributed by atoms with van der Waals surface area (Å²) in [5, 5.41) is 0. The summed E-state index contributed by atoms with van der Waals surface area (Å²) in [6.45, 7) is 8.44. The number of ketones is 1. The highest BCUT2D eigenvalue weighted by atomic mass is 19.1. The second-order valence-electron chi connectivity index (χ2n) is 8.01. The maximum Gasteiger partial charge on any atom is 0.226 e. The normalized spacial score (nSPS) is 17.9. The molecule has 0 aliphatic carbocycles. The van der Waals surface area contributed by atoms with E-state index in [9.17, 15) is 9.18 Å². The minimum atomic E-state index is -0.417. The van der Waals surface area contributed by atoms with Gasteiger partial charge in [-0.2, -0.15) is 0 Å². The molecule has 28 heavy (non-hydrogen) atoms. The smallest absolute Gasteiger partial charge is 0.226 e. The van der Waals surface area contributed by atoms with E-state index in [1.165, 1.54) is 13.2 Å². The zero-order valence-electron chi connectivity index (χ0n) is 17.1. The zero-order valence-corrected chi connectivity index (χ0v) is 17.1. The average molecular weight is 388 g/mol. The molecular formula is C22H29FN2O3. The number of nitrogens with zero attached hydrogens (tertiary/aromatic N) is 2. The van der Waals surface area contributed by atoms with Crippen LogP contribution in [0.4, 0.5) is 4.39 Å². The quantitative estimate of drug-likeness (QED) is 0.692. The van der Waals surface area contributed by atoms with Crippen LogP contribution >= 0.6 is 0 Å². The molecule has 0 bridgehead atoms. The summed E-state index contributed by atoms with van der Waals surface area (Å²) in [6.07, 6.45) is 2.64. The Balaban J connectivity index is 1.71. The summed E-state index contributed by atoms with van der Waals surface area (Å²) in [6, 6.07) is 4.57. The number of carbonyl (C=O) groups is 1. The topological polar surface area (TPSA) is 55.6 Å². The number of piperidine rings is 1. The van der Waals surface area contributed by atoms with Gasteiger partial charge in [0.05, 0.1) is 12.8 Å². The summed E-state index contributed by atoms with van der Waals surface area (Å²) in [5.74, 6) is 1.83. The van der Waals surface area contributed by atoms with Crippen molar-refractivity contribution in [3.8, 4) is 17.2 Å². The van der Waals surface area contributed by atoms with Crippen molar-refractivity contribution in [3.63, 3.8) is 0 Å². The van der Waals surface area contributed by atoms with E-state index in [2.05, 4.69) is 23.7 Å². The summed E-state index contributed by atoms with van der Waals surface area (Å²) < 4.78 is 24.5. The van der Waals surface area contributed by atoms with E-state index >= 15 is 0 Å². The minimum Gasteiger partial charge on any atom is -0.494 e. The molecule has 5 nitrogen and oxygen atoms in total. The Labute approximate surface area is 165 Å². The van der Waals surface area contributed by atoms with Crippen LogP contribution < -0.4 is 4.74 Å². The lowest BCUT2D eigenvalue weighted by atomic mass is 9.89. The molecule has 1 aliphatic rings. The van der Waals surface area contributed by atoms with Crippen molar-refractivity contribution in [1.82, 2.24) is 9.88 Å². The number of hydrogen-bond acceptors (Lipinski definition) is 5. The van der Waals surface area contributed by atoms with Crippen molar-refractivity contribution in [2.24, 2.45) is 11.8 Å². The number of Topliss-reactive ketones (excluding diaryl/α,β-unsaturated/α-hetero) is 1. The molecule has 0 amide bonds. The van der Waals surface area contributed by atoms with Crippen LogP contribution in [0.25, 0.3) is 11.5 Å². The van der Waals surface area contributed by atoms with Crippen LogP contribution in [0.1, 0.15) is 44.6 Å². The SMILES string of the molecule is COc1cc(-c2nc(CN3CCC[C@H](C(=O)CC(C)C)C3)c(C)o2)ccc1F. The summed E-state index contributed by atoms with van der Waals surface area (Å²) in [4.78, 5) is 19.4. The Kier molecular flexibility index (Phi) is 6.50. The number of benzene rings is 1. The van der Waals surface area contributed by atoms with Gasteiger partial charge in [0.25, 0.3) is 0 Å². The third kappa shape index (κ3) is 4.79. The van der Waals surface area contributed by atoms with Gasteiger partial charge in [0.15, 0.2) is 11.6 Å². The molecule has 1 fully saturated rings. The average Bonchev–Trinajstić information content (AvgIpc) is 3.02. The molecule has 0 radical (unpaired) electrons. The maximum atomic E-state index is 13.6. The van der Waals surface area contributed by atoms with Crippen molar-refractivity contribution in [2.45, 2.75) is 46.6 Å². The first kappa shape index (κ1) is 20.5. The highest BCUT2D eigenvalue weighted by molar-refractivity contribution is 5.81. The van der Waals surface area contributed by atoms with Gasteiger partial charge >= 0.3 is 0 Å². The first-order valence-corrected chi connectivity index (χ1v) is 9.92. The lowest BCUT2D eigenvalue weighted by Gasteiger charge is -2.31. The van der Waals surface area contributed by atoms with Crippen LogP contribution in [-0.2, 0) is 11.3 Å². The number of halogens is 1. The largest absolute Gasteiger partial charge is 0.494 e. The van der Waals surface area contributed by atoms with E-state index in [1.54, 1.807) is 12.1 Å². The maximum absolute atomic E-state index is 13.6. The molecule has 1 atom stereocenters. The van der Waals surface area contributed by atoms with Crippen LogP contribution in [0.2, 0.25) is 0 Å². The molecule has 0 unspecified atom stereocenters. The minimum absolute atomic E-state index is 0.115. The Morgan fingerprint density at radius 2 is 2.21 bits per heavy atom. The van der Waals surface area contributed by atoms with E-state index in [4.69, 9.17) is 9.15 Å². The third-order valence-electron chi connectivity index (χ3n) is 5.23. The molecular weight excluding hydrogens is 359 g/mol. The van der Waals surface area contributed by atoms with Gasteiger partial charge in [-0.3, -0.25) is 9.69 Å². The second-order valence-corrected chi connectivity index (χ2v) is 8.01. The second kappa shape index (κ2) is 8.86. The van der Waals surface area contributed by atoms with Crippen LogP contribution in [0.5, 0.6) is 5.75 Å². The third-order valence-corrected chi connectivity index (χ3v) is 5.23. The van der Waals surface area contributed by atoms with Gasteiger partial charge < -0.3 is 9.15 Å². The van der Waals surface area contributed by atoms with Crippen LogP contribution in [-0.4, -0.2) is 35.9 Å². The molecule has 0 saturated carbocycles. The number of methoxy groups -OCH3 is 1. The molecule has 3 rings (SSSR count). The number of aryl methyl sites for hydroxylation is 1. The lowest BCUT2D eigenvalue weighted by molar-refractivity contribution is -0.125. The number of carbonyl (C=O) groups excluding carboxylic acids is 1. The van der Waals surface area contributed by atoms with Crippen LogP contribution in [0, 0.1) is 24.6 Å². The predicted octanol–water partition coefficient (Wildman–Crippen LogP) is 4.62. The molecule has 2 aromatic rings. The fourth-order valence-corrected chi connectivity index (χ4v) is 3.73. The molecule has 2 heterocycles. The molecule has 0 spiro atoms. The van der Waals surface area contributed by atoms with Crippen molar-refractivity contribution in [3.05, 3.63) is 35.5 Å². The first-order valence-electron chi connectivity index (χ1n) is 9.92. The number of oxazole rings is 1. The number of hydrogen-bond donors (Lipinski definition) is 0. The Morgan fingerprint density at radius 1 is 1.43 bits per heavy atom. The summed E-state index contributed by atoms with van der Waals surface area (Å²) >= 11 is 0. The van der Waals surface area contributed by atoms with Gasteiger partial charge in [-0.1, -0.05) is 13.8 Å². The number of rotatable bonds is 7. The molecule has 6 heteroatoms. The fourth-order valence-electron chi connectivity index (χ4n) is 3.73. The van der Waals surface area contributed by atoms with Gasteiger partial charge in [0.1, 0.15) is 11.5 Å². The summed E-state index contributed by atoms with van der Waals surface area (Å²) in [5.41, 5.74) is 1.53. The van der Waals surface area contributed by atoms with Crippen molar-refractivity contribution < 1.29 is 18.3 Å². The molecule has 1 aromatic heterocycles. The highest BCUT2D eigenvalue weighted by Crippen LogP contribution is 2.28. The van der Waals surface area contributed by atoms with E-state index in [0.717, 1.165) is 37.4 Å². The van der Waals surface area contributed by atoms with Crippen molar-refractivity contribution >= 4 is 5.78 Å². The van der Waals surface area contributed by atoms with Gasteiger partial charge in [-0.05, 0) is 50.4 Å². The van der Waals surface area contributed by atoms with E-state index in [-0.39, 0.29) is 11.7 Å². The number of likely N-dealkylation sites (tertiary alicyclic amines) is 1. The Bertz CT molecular complexity index is 831. The Morgan fingerprint density at radius 3 is 2.93 bits per heavy atom. The van der Waals surface area contributed by atoms with Gasteiger partial charge in [-0.25, -0.2) is 9.37 Å². The molecule has 0 N–H and O–H groups in total. The van der Waals surface area contributed by atoms with Crippen molar-refractivity contribution in [2.75, 3.05) is 20.2 Å². The summed E-state index contributed by atoms with van der Waals surface area (Å²) in [7, 11) is 1.43. The lowest BCUT2D eigenvalue weighted by Crippen LogP contribution is -2.38. The van der Waals surface area contributed by atoms with Crippen LogP contribution in [0.3, 0.4) is 0 Å². The first-order chi connectivity index (χ1) is 13.4. The molecule has 1 aliphatic heterocycles. The van der Waals surface area contributed by atoms with Crippen molar-refractivity contribution in [1.29, 1.82) is 0 Å². The molecule has 1 saturated heterocycles. The molecule has 1 aromatic carbocycles. The standard InChI is InChI=1S/C22H29FN2O3/c1-14(2)10-20(26)17-6-5-9-25(12-17)13-19-15(3)28-22(24-19)16-7-8-18(23)21(11-16)27-4/h7-8,11,14,17H,5-6,9-10,12-13H2,1-4H3/t17-/m0/s1. The highest BCUT2D eigenvalue weighted by Gasteiger charge is 2.27. The number of ether oxygens (including phenoxy) is 1. The molecule has 152 valence electrons. The Hall–Kier alpha value is -2.21. The zero-order chi connectivity index (χ0) is 20.3. The van der Waals surface area contributed by atoms with Gasteiger partial charge in [0.2, 0.25) is 5.89 Å².